The summed E-state index contributed by atoms with van der Waals surface area (Å²) < 4.78 is 5.27. The summed E-state index contributed by atoms with van der Waals surface area (Å²) in [4.78, 5) is 27.5. The molecule has 1 aromatic rings. The van der Waals surface area contributed by atoms with Gasteiger partial charge in [0.05, 0.1) is 18.6 Å². The molecule has 0 radical (unpaired) electrons. The number of nitrogens with one attached hydrogen (secondary N) is 1. The van der Waals surface area contributed by atoms with E-state index in [1.54, 1.807) is 7.11 Å². The summed E-state index contributed by atoms with van der Waals surface area (Å²) >= 11 is 0. The summed E-state index contributed by atoms with van der Waals surface area (Å²) in [6.07, 6.45) is 9.09. The maximum Gasteiger partial charge on any atom is 0.226 e. The second kappa shape index (κ2) is 7.53. The van der Waals surface area contributed by atoms with Crippen LogP contribution in [0.1, 0.15) is 63.4 Å². The van der Waals surface area contributed by atoms with Crippen molar-refractivity contribution in [1.29, 1.82) is 0 Å². The number of methoxy groups -OCH3 is 1. The van der Waals surface area contributed by atoms with Gasteiger partial charge in [0.1, 0.15) is 5.75 Å². The summed E-state index contributed by atoms with van der Waals surface area (Å²) in [5.74, 6) is 0.814. The fraction of sp³-hybridized carbons (Fsp3) is 0.636. The Bertz CT molecular complexity index is 688. The minimum absolute atomic E-state index is 0.0431. The summed E-state index contributed by atoms with van der Waals surface area (Å²) in [6.45, 7) is 0.591. The first kappa shape index (κ1) is 18.3. The number of likely N-dealkylation sites (tertiary alicyclic amines) is 1. The van der Waals surface area contributed by atoms with E-state index in [1.807, 2.05) is 17.0 Å². The Morgan fingerprint density at radius 1 is 1.11 bits per heavy atom. The van der Waals surface area contributed by atoms with E-state index in [1.165, 1.54) is 12.8 Å². The highest BCUT2D eigenvalue weighted by Crippen LogP contribution is 2.40. The molecule has 2 amide bonds. The van der Waals surface area contributed by atoms with Crippen LogP contribution in [0.25, 0.3) is 0 Å². The van der Waals surface area contributed by atoms with E-state index in [-0.39, 0.29) is 23.3 Å². The Hall–Kier alpha value is -2.04. The highest BCUT2D eigenvalue weighted by molar-refractivity contribution is 5.89. The molecule has 2 saturated carbocycles. The van der Waals surface area contributed by atoms with Crippen LogP contribution in [-0.2, 0) is 15.1 Å². The molecule has 0 unspecified atom stereocenters. The Balaban J connectivity index is 1.47. The summed E-state index contributed by atoms with van der Waals surface area (Å²) in [5, 5.41) is 3.36. The highest BCUT2D eigenvalue weighted by Gasteiger charge is 2.43. The Morgan fingerprint density at radius 3 is 2.41 bits per heavy atom. The predicted octanol–water partition coefficient (Wildman–Crippen LogP) is 3.37. The van der Waals surface area contributed by atoms with Crippen molar-refractivity contribution in [2.24, 2.45) is 5.92 Å². The third-order valence-electron chi connectivity index (χ3n) is 6.76. The average Bonchev–Trinajstić information content (AvgIpc) is 3.42. The lowest BCUT2D eigenvalue weighted by Gasteiger charge is -2.32. The number of carbonyl (C=O) groups is 2. The summed E-state index contributed by atoms with van der Waals surface area (Å²) in [6, 6.07) is 8.41. The van der Waals surface area contributed by atoms with E-state index in [4.69, 9.17) is 4.74 Å². The van der Waals surface area contributed by atoms with Crippen LogP contribution in [-0.4, -0.2) is 36.4 Å². The van der Waals surface area contributed by atoms with Gasteiger partial charge in [0, 0.05) is 19.0 Å². The molecule has 1 aromatic carbocycles. The summed E-state index contributed by atoms with van der Waals surface area (Å²) in [7, 11) is 1.66. The van der Waals surface area contributed by atoms with Gasteiger partial charge < -0.3 is 15.0 Å². The molecule has 27 heavy (non-hydrogen) atoms. The molecule has 5 nitrogen and oxygen atoms in total. The van der Waals surface area contributed by atoms with Crippen LogP contribution in [0.2, 0.25) is 0 Å². The topological polar surface area (TPSA) is 58.6 Å². The number of amides is 2. The van der Waals surface area contributed by atoms with Crippen LogP contribution < -0.4 is 10.1 Å². The number of ether oxygens (including phenoxy) is 1. The van der Waals surface area contributed by atoms with Crippen LogP contribution in [0.15, 0.2) is 24.3 Å². The van der Waals surface area contributed by atoms with Crippen molar-refractivity contribution in [3.05, 3.63) is 29.8 Å². The third kappa shape index (κ3) is 3.56. The largest absolute Gasteiger partial charge is 0.497 e. The zero-order chi connectivity index (χ0) is 18.9. The van der Waals surface area contributed by atoms with Gasteiger partial charge in [-0.05, 0) is 43.4 Å². The second-order valence-corrected chi connectivity index (χ2v) is 8.39. The van der Waals surface area contributed by atoms with Gasteiger partial charge in [-0.3, -0.25) is 9.59 Å². The number of benzene rings is 1. The fourth-order valence-corrected chi connectivity index (χ4v) is 5.19. The summed E-state index contributed by atoms with van der Waals surface area (Å²) in [5.41, 5.74) is 0.846. The van der Waals surface area contributed by atoms with E-state index >= 15 is 0 Å². The van der Waals surface area contributed by atoms with E-state index in [0.29, 0.717) is 19.0 Å². The number of rotatable bonds is 5. The zero-order valence-corrected chi connectivity index (χ0v) is 16.2. The van der Waals surface area contributed by atoms with Gasteiger partial charge in [0.25, 0.3) is 0 Å². The van der Waals surface area contributed by atoms with Crippen molar-refractivity contribution in [2.75, 3.05) is 13.7 Å². The lowest BCUT2D eigenvalue weighted by molar-refractivity contribution is -0.130. The number of carbonyl (C=O) groups excluding carboxylic acids is 2. The van der Waals surface area contributed by atoms with Gasteiger partial charge in [-0.15, -0.1) is 0 Å². The Kier molecular flexibility index (Phi) is 5.11. The minimum Gasteiger partial charge on any atom is -0.497 e. The molecular weight excluding hydrogens is 340 g/mol. The molecule has 0 aromatic heterocycles. The SMILES string of the molecule is COc1ccc(C2(NC(=O)[C@@H]3CC(=O)N(C4CCCC4)C3)CCCC2)cc1. The van der Waals surface area contributed by atoms with Crippen molar-refractivity contribution in [3.8, 4) is 5.75 Å². The predicted molar refractivity (Wildman–Crippen MR) is 103 cm³/mol. The van der Waals surface area contributed by atoms with Crippen molar-refractivity contribution in [3.63, 3.8) is 0 Å². The second-order valence-electron chi connectivity index (χ2n) is 8.39. The molecule has 0 spiro atoms. The lowest BCUT2D eigenvalue weighted by Crippen LogP contribution is -2.47. The maximum absolute atomic E-state index is 13.1. The van der Waals surface area contributed by atoms with Crippen molar-refractivity contribution >= 4 is 11.8 Å². The number of nitrogens with zero attached hydrogens (tertiary/aromatic N) is 1. The average molecular weight is 370 g/mol. The molecule has 1 N–H and O–H groups in total. The molecule has 0 bridgehead atoms. The normalized spacial score (nSPS) is 25.1. The molecule has 4 rings (SSSR count). The molecule has 1 atom stereocenters. The van der Waals surface area contributed by atoms with Gasteiger partial charge in [-0.25, -0.2) is 0 Å². The molecule has 1 heterocycles. The molecule has 5 heteroatoms. The first-order valence-electron chi connectivity index (χ1n) is 10.4. The maximum atomic E-state index is 13.1. The molecule has 3 fully saturated rings. The smallest absolute Gasteiger partial charge is 0.226 e. The fourth-order valence-electron chi connectivity index (χ4n) is 5.19. The third-order valence-corrected chi connectivity index (χ3v) is 6.76. The van der Waals surface area contributed by atoms with Crippen LogP contribution >= 0.6 is 0 Å². The van der Waals surface area contributed by atoms with E-state index in [2.05, 4.69) is 17.4 Å². The van der Waals surface area contributed by atoms with Crippen molar-refractivity contribution < 1.29 is 14.3 Å². The van der Waals surface area contributed by atoms with Crippen LogP contribution in [0.3, 0.4) is 0 Å². The van der Waals surface area contributed by atoms with E-state index in [9.17, 15) is 9.59 Å². The van der Waals surface area contributed by atoms with E-state index < -0.39 is 0 Å². The number of hydrogen-bond acceptors (Lipinski definition) is 3. The van der Waals surface area contributed by atoms with Gasteiger partial charge in [0.15, 0.2) is 0 Å². The Labute approximate surface area is 161 Å². The van der Waals surface area contributed by atoms with Crippen molar-refractivity contribution in [1.82, 2.24) is 10.2 Å². The van der Waals surface area contributed by atoms with Gasteiger partial charge in [-0.1, -0.05) is 37.8 Å². The van der Waals surface area contributed by atoms with Gasteiger partial charge in [-0.2, -0.15) is 0 Å². The van der Waals surface area contributed by atoms with Crippen LogP contribution in [0, 0.1) is 5.92 Å². The molecule has 1 saturated heterocycles. The van der Waals surface area contributed by atoms with Crippen LogP contribution in [0.5, 0.6) is 5.75 Å². The first-order valence-corrected chi connectivity index (χ1v) is 10.4. The molecule has 2 aliphatic carbocycles. The quantitative estimate of drug-likeness (QED) is 0.864. The van der Waals surface area contributed by atoms with Gasteiger partial charge >= 0.3 is 0 Å². The Morgan fingerprint density at radius 2 is 1.78 bits per heavy atom. The first-order chi connectivity index (χ1) is 13.1. The minimum atomic E-state index is -0.298. The molecule has 3 aliphatic rings. The monoisotopic (exact) mass is 370 g/mol. The molecule has 1 aliphatic heterocycles. The lowest BCUT2D eigenvalue weighted by atomic mass is 9.87. The standard InChI is InChI=1S/C22H30N2O3/c1-27-19-10-8-17(9-11-19)22(12-4-5-13-22)23-21(26)16-14-20(25)24(15-16)18-6-2-3-7-18/h8-11,16,18H,2-7,12-15H2,1H3,(H,23,26)/t16-/m1/s1. The highest BCUT2D eigenvalue weighted by atomic mass is 16.5. The molecule has 146 valence electrons. The zero-order valence-electron chi connectivity index (χ0n) is 16.2. The van der Waals surface area contributed by atoms with Crippen LogP contribution in [0.4, 0.5) is 0 Å². The van der Waals surface area contributed by atoms with Crippen molar-refractivity contribution in [2.45, 2.75) is 69.4 Å². The van der Waals surface area contributed by atoms with Gasteiger partial charge in [0.2, 0.25) is 11.8 Å². The molecular formula is C22H30N2O3. The van der Waals surface area contributed by atoms with E-state index in [0.717, 1.165) is 49.8 Å². The number of hydrogen-bond donors (Lipinski definition) is 1.